The van der Waals surface area contributed by atoms with Crippen LogP contribution in [-0.2, 0) is 11.2 Å². The van der Waals surface area contributed by atoms with Crippen LogP contribution in [-0.4, -0.2) is 32.9 Å². The second kappa shape index (κ2) is 8.54. The number of carboxylic acids is 1. The highest BCUT2D eigenvalue weighted by Crippen LogP contribution is 2.15. The van der Waals surface area contributed by atoms with Gasteiger partial charge in [-0.15, -0.1) is 0 Å². The summed E-state index contributed by atoms with van der Waals surface area (Å²) in [6, 6.07) is 15.8. The fourth-order valence-electron chi connectivity index (χ4n) is 2.47. The van der Waals surface area contributed by atoms with Crippen molar-refractivity contribution in [2.45, 2.75) is 6.42 Å². The number of carbonyl (C=O) groups is 3. The van der Waals surface area contributed by atoms with Crippen LogP contribution in [0, 0.1) is 0 Å². The fourth-order valence-corrected chi connectivity index (χ4v) is 2.47. The van der Waals surface area contributed by atoms with Gasteiger partial charge in [-0.25, -0.2) is 14.8 Å². The Labute approximate surface area is 160 Å². The van der Waals surface area contributed by atoms with Crippen LogP contribution in [0.4, 0.5) is 11.4 Å². The van der Waals surface area contributed by atoms with E-state index in [1.807, 2.05) is 30.3 Å². The first-order chi connectivity index (χ1) is 13.5. The first-order valence-corrected chi connectivity index (χ1v) is 8.32. The molecular weight excluding hydrogens is 360 g/mol. The summed E-state index contributed by atoms with van der Waals surface area (Å²) in [4.78, 5) is 42.9. The molecule has 1 aromatic heterocycles. The third-order valence-electron chi connectivity index (χ3n) is 3.75. The van der Waals surface area contributed by atoms with E-state index in [2.05, 4.69) is 20.6 Å². The van der Waals surface area contributed by atoms with Crippen LogP contribution in [0.5, 0.6) is 0 Å². The van der Waals surface area contributed by atoms with E-state index in [1.54, 1.807) is 24.3 Å². The number of nitrogens with zero attached hydrogens (tertiary/aromatic N) is 2. The van der Waals surface area contributed by atoms with E-state index >= 15 is 0 Å². The number of aromatic nitrogens is 2. The van der Waals surface area contributed by atoms with Gasteiger partial charge in [-0.3, -0.25) is 9.59 Å². The molecule has 0 fully saturated rings. The Morgan fingerprint density at radius 1 is 0.786 bits per heavy atom. The largest absolute Gasteiger partial charge is 0.476 e. The van der Waals surface area contributed by atoms with E-state index in [1.165, 1.54) is 12.4 Å². The molecule has 0 aliphatic heterocycles. The van der Waals surface area contributed by atoms with Crippen LogP contribution < -0.4 is 10.6 Å². The molecule has 0 bridgehead atoms. The van der Waals surface area contributed by atoms with Crippen LogP contribution in [0.2, 0.25) is 0 Å². The van der Waals surface area contributed by atoms with E-state index in [-0.39, 0.29) is 18.0 Å². The lowest BCUT2D eigenvalue weighted by Crippen LogP contribution is -2.19. The molecule has 3 N–H and O–H groups in total. The monoisotopic (exact) mass is 376 g/mol. The molecule has 3 rings (SSSR count). The topological polar surface area (TPSA) is 121 Å². The molecule has 0 saturated heterocycles. The summed E-state index contributed by atoms with van der Waals surface area (Å²) in [6.45, 7) is 0. The summed E-state index contributed by atoms with van der Waals surface area (Å²) in [5.74, 6) is -2.19. The molecule has 2 aromatic carbocycles. The average molecular weight is 376 g/mol. The van der Waals surface area contributed by atoms with Gasteiger partial charge in [0.1, 0.15) is 0 Å². The lowest BCUT2D eigenvalue weighted by atomic mass is 10.1. The number of nitrogens with one attached hydrogen (secondary N) is 2. The van der Waals surface area contributed by atoms with Crippen LogP contribution in [0.3, 0.4) is 0 Å². The van der Waals surface area contributed by atoms with Gasteiger partial charge in [-0.1, -0.05) is 30.3 Å². The van der Waals surface area contributed by atoms with Gasteiger partial charge >= 0.3 is 5.97 Å². The number of benzene rings is 2. The van der Waals surface area contributed by atoms with Crippen LogP contribution >= 0.6 is 0 Å². The maximum Gasteiger partial charge on any atom is 0.356 e. The molecule has 8 heteroatoms. The molecule has 0 aliphatic carbocycles. The van der Waals surface area contributed by atoms with Gasteiger partial charge in [0.05, 0.1) is 6.42 Å². The molecular formula is C20H16N4O4. The van der Waals surface area contributed by atoms with Gasteiger partial charge < -0.3 is 15.7 Å². The van der Waals surface area contributed by atoms with Crippen molar-refractivity contribution in [2.24, 2.45) is 0 Å². The van der Waals surface area contributed by atoms with E-state index < -0.39 is 17.6 Å². The maximum atomic E-state index is 12.3. The van der Waals surface area contributed by atoms with Crippen LogP contribution in [0.15, 0.2) is 67.0 Å². The normalized spacial score (nSPS) is 10.1. The maximum absolute atomic E-state index is 12.3. The lowest BCUT2D eigenvalue weighted by molar-refractivity contribution is -0.115. The zero-order valence-corrected chi connectivity index (χ0v) is 14.6. The quantitative estimate of drug-likeness (QED) is 0.608. The third kappa shape index (κ3) is 4.76. The fraction of sp³-hybridized carbons (Fsp3) is 0.0500. The van der Waals surface area contributed by atoms with Gasteiger partial charge in [0.25, 0.3) is 5.91 Å². The Hall–Kier alpha value is -4.07. The minimum atomic E-state index is -1.34. The molecule has 8 nitrogen and oxygen atoms in total. The van der Waals surface area contributed by atoms with E-state index in [0.29, 0.717) is 11.4 Å². The van der Waals surface area contributed by atoms with E-state index in [0.717, 1.165) is 5.56 Å². The van der Waals surface area contributed by atoms with Crippen molar-refractivity contribution in [1.29, 1.82) is 0 Å². The number of hydrogen-bond donors (Lipinski definition) is 3. The Balaban J connectivity index is 1.62. The molecule has 0 spiro atoms. The highest BCUT2D eigenvalue weighted by Gasteiger charge is 2.19. The lowest BCUT2D eigenvalue weighted by Gasteiger charge is -2.08. The molecule has 2 amide bonds. The predicted molar refractivity (Wildman–Crippen MR) is 102 cm³/mol. The molecule has 3 aromatic rings. The number of hydrogen-bond acceptors (Lipinski definition) is 5. The second-order valence-electron chi connectivity index (χ2n) is 5.80. The van der Waals surface area contributed by atoms with Gasteiger partial charge in [0.2, 0.25) is 5.91 Å². The molecule has 1 heterocycles. The molecule has 140 valence electrons. The smallest absolute Gasteiger partial charge is 0.356 e. The van der Waals surface area contributed by atoms with Gasteiger partial charge in [0.15, 0.2) is 11.4 Å². The van der Waals surface area contributed by atoms with Crippen LogP contribution in [0.1, 0.15) is 26.5 Å². The number of carbonyl (C=O) groups excluding carboxylic acids is 2. The Bertz CT molecular complexity index is 1000. The summed E-state index contributed by atoms with van der Waals surface area (Å²) in [6.07, 6.45) is 2.70. The predicted octanol–water partition coefficient (Wildman–Crippen LogP) is 2.61. The van der Waals surface area contributed by atoms with Crippen molar-refractivity contribution >= 4 is 29.2 Å². The first kappa shape index (κ1) is 18.7. The summed E-state index contributed by atoms with van der Waals surface area (Å²) in [7, 11) is 0. The van der Waals surface area contributed by atoms with Crippen molar-refractivity contribution in [2.75, 3.05) is 10.6 Å². The zero-order chi connectivity index (χ0) is 19.9. The zero-order valence-electron chi connectivity index (χ0n) is 14.6. The van der Waals surface area contributed by atoms with Crippen molar-refractivity contribution in [1.82, 2.24) is 9.97 Å². The number of carboxylic acid groups (broad SMARTS) is 1. The van der Waals surface area contributed by atoms with Crippen molar-refractivity contribution in [3.05, 3.63) is 83.9 Å². The van der Waals surface area contributed by atoms with Crippen molar-refractivity contribution in [3.8, 4) is 0 Å². The summed E-state index contributed by atoms with van der Waals surface area (Å²) < 4.78 is 0. The Morgan fingerprint density at radius 2 is 1.36 bits per heavy atom. The highest BCUT2D eigenvalue weighted by molar-refractivity contribution is 6.08. The van der Waals surface area contributed by atoms with Gasteiger partial charge in [-0.2, -0.15) is 0 Å². The second-order valence-corrected chi connectivity index (χ2v) is 5.80. The minimum Gasteiger partial charge on any atom is -0.476 e. The van der Waals surface area contributed by atoms with E-state index in [4.69, 9.17) is 5.11 Å². The highest BCUT2D eigenvalue weighted by atomic mass is 16.4. The molecule has 28 heavy (non-hydrogen) atoms. The van der Waals surface area contributed by atoms with Crippen LogP contribution in [0.25, 0.3) is 0 Å². The number of rotatable bonds is 6. The number of amides is 2. The SMILES string of the molecule is O=C(Cc1ccccc1)Nc1ccc(NC(=O)c2nccnc2C(=O)O)cc1. The van der Waals surface area contributed by atoms with E-state index in [9.17, 15) is 14.4 Å². The van der Waals surface area contributed by atoms with Crippen molar-refractivity contribution in [3.63, 3.8) is 0 Å². The first-order valence-electron chi connectivity index (χ1n) is 8.32. The molecule has 0 aliphatic rings. The average Bonchev–Trinajstić information content (AvgIpc) is 2.70. The third-order valence-corrected chi connectivity index (χ3v) is 3.75. The molecule has 0 atom stereocenters. The summed E-state index contributed by atoms with van der Waals surface area (Å²) in [5, 5.41) is 14.4. The van der Waals surface area contributed by atoms with Crippen molar-refractivity contribution < 1.29 is 19.5 Å². The Kier molecular flexibility index (Phi) is 5.71. The molecule has 0 unspecified atom stereocenters. The molecule has 0 radical (unpaired) electrons. The summed E-state index contributed by atoms with van der Waals surface area (Å²) >= 11 is 0. The Morgan fingerprint density at radius 3 is 1.96 bits per heavy atom. The van der Waals surface area contributed by atoms with Gasteiger partial charge in [0, 0.05) is 23.8 Å². The summed E-state index contributed by atoms with van der Waals surface area (Å²) in [5.41, 5.74) is 1.19. The number of aromatic carboxylic acids is 1. The standard InChI is InChI=1S/C20H16N4O4/c25-16(12-13-4-2-1-3-5-13)23-14-6-8-15(9-7-14)24-19(26)17-18(20(27)28)22-11-10-21-17/h1-11H,12H2,(H,23,25)(H,24,26)(H,27,28). The number of anilines is 2. The molecule has 0 saturated carbocycles. The minimum absolute atomic E-state index is 0.159. The van der Waals surface area contributed by atoms with Gasteiger partial charge in [-0.05, 0) is 29.8 Å².